The summed E-state index contributed by atoms with van der Waals surface area (Å²) in [5.41, 5.74) is 2.62. The number of hydrogen-bond acceptors (Lipinski definition) is 6. The molecule has 1 saturated carbocycles. The van der Waals surface area contributed by atoms with Crippen molar-refractivity contribution in [2.45, 2.75) is 51.1 Å². The molecule has 7 nitrogen and oxygen atoms in total. The Bertz CT molecular complexity index is 1090. The molecule has 1 amide bonds. The fraction of sp³-hybridized carbons (Fsp3) is 0.417. The molecule has 1 aromatic carbocycles. The van der Waals surface area contributed by atoms with Gasteiger partial charge in [0.25, 0.3) is 5.91 Å². The van der Waals surface area contributed by atoms with Gasteiger partial charge in [0, 0.05) is 42.3 Å². The van der Waals surface area contributed by atoms with Crippen LogP contribution >= 0.6 is 0 Å². The highest BCUT2D eigenvalue weighted by Crippen LogP contribution is 2.26. The average molecular weight is 417 g/mol. The van der Waals surface area contributed by atoms with Gasteiger partial charge in [0.05, 0.1) is 11.1 Å². The lowest BCUT2D eigenvalue weighted by Gasteiger charge is -2.33. The van der Waals surface area contributed by atoms with Gasteiger partial charge in [0.1, 0.15) is 18.0 Å². The maximum Gasteiger partial charge on any atom is 0.252 e. The Morgan fingerprint density at radius 3 is 2.65 bits per heavy atom. The van der Waals surface area contributed by atoms with Crippen molar-refractivity contribution in [2.24, 2.45) is 0 Å². The van der Waals surface area contributed by atoms with Crippen molar-refractivity contribution in [2.75, 3.05) is 23.3 Å². The van der Waals surface area contributed by atoms with Crippen molar-refractivity contribution >= 4 is 28.4 Å². The van der Waals surface area contributed by atoms with Crippen molar-refractivity contribution in [1.82, 2.24) is 20.3 Å². The molecule has 0 bridgehead atoms. The number of aromatic nitrogens is 3. The summed E-state index contributed by atoms with van der Waals surface area (Å²) in [6, 6.07) is 12.5. The summed E-state index contributed by atoms with van der Waals surface area (Å²) in [7, 11) is 0. The molecule has 160 valence electrons. The highest BCUT2D eigenvalue weighted by Gasteiger charge is 2.26. The lowest BCUT2D eigenvalue weighted by molar-refractivity contribution is 0.0952. The molecule has 1 aliphatic carbocycles. The van der Waals surface area contributed by atoms with Crippen LogP contribution in [0.3, 0.4) is 0 Å². The molecule has 5 rings (SSSR count). The van der Waals surface area contributed by atoms with Gasteiger partial charge in [-0.2, -0.15) is 0 Å². The predicted molar refractivity (Wildman–Crippen MR) is 122 cm³/mol. The van der Waals surface area contributed by atoms with E-state index < -0.39 is 0 Å². The third kappa shape index (κ3) is 4.45. The van der Waals surface area contributed by atoms with E-state index in [4.69, 9.17) is 4.98 Å². The van der Waals surface area contributed by atoms with E-state index >= 15 is 0 Å². The minimum Gasteiger partial charge on any atom is -0.367 e. The molecule has 2 aliphatic rings. The Hall–Kier alpha value is -3.22. The van der Waals surface area contributed by atoms with E-state index in [2.05, 4.69) is 38.5 Å². The van der Waals surface area contributed by atoms with Crippen molar-refractivity contribution in [1.29, 1.82) is 0 Å². The molecular formula is C24H28N6O. The van der Waals surface area contributed by atoms with E-state index in [1.165, 1.54) is 0 Å². The third-order valence-electron chi connectivity index (χ3n) is 6.12. The number of piperidine rings is 1. The van der Waals surface area contributed by atoms with Gasteiger partial charge >= 0.3 is 0 Å². The second-order valence-electron chi connectivity index (χ2n) is 8.45. The van der Waals surface area contributed by atoms with Gasteiger partial charge in [-0.3, -0.25) is 4.79 Å². The number of aryl methyl sites for hydroxylation is 1. The highest BCUT2D eigenvalue weighted by atomic mass is 16.1. The Labute approximate surface area is 182 Å². The molecule has 0 atom stereocenters. The molecule has 3 aromatic rings. The number of nitrogens with zero attached hydrogens (tertiary/aromatic N) is 4. The summed E-state index contributed by atoms with van der Waals surface area (Å²) in [6.45, 7) is 3.97. The van der Waals surface area contributed by atoms with E-state index in [1.54, 1.807) is 6.33 Å². The number of para-hydroxylation sites is 1. The second-order valence-corrected chi connectivity index (χ2v) is 8.45. The normalized spacial score (nSPS) is 17.0. The van der Waals surface area contributed by atoms with E-state index in [1.807, 2.05) is 30.3 Å². The molecule has 1 aliphatic heterocycles. The first-order chi connectivity index (χ1) is 15.2. The highest BCUT2D eigenvalue weighted by molar-refractivity contribution is 6.07. The SMILES string of the molecule is CCc1cc(N2CCC(Nc3cc(C(=O)NC4CC4)c4ccccc4n3)CC2)ncn1. The smallest absolute Gasteiger partial charge is 0.252 e. The molecule has 3 heterocycles. The van der Waals surface area contributed by atoms with Gasteiger partial charge in [-0.05, 0) is 44.2 Å². The first kappa shape index (κ1) is 19.7. The fourth-order valence-electron chi connectivity index (χ4n) is 4.14. The summed E-state index contributed by atoms with van der Waals surface area (Å²) in [4.78, 5) is 28.7. The Morgan fingerprint density at radius 1 is 1.06 bits per heavy atom. The molecule has 0 spiro atoms. The molecule has 1 saturated heterocycles. The minimum atomic E-state index is -0.00513. The minimum absolute atomic E-state index is 0.00513. The summed E-state index contributed by atoms with van der Waals surface area (Å²) in [5.74, 6) is 1.77. The zero-order valence-electron chi connectivity index (χ0n) is 17.8. The van der Waals surface area contributed by atoms with Crippen LogP contribution in [0.25, 0.3) is 10.9 Å². The van der Waals surface area contributed by atoms with Crippen LogP contribution in [0.1, 0.15) is 48.7 Å². The molecule has 2 fully saturated rings. The molecule has 2 aromatic heterocycles. The number of benzene rings is 1. The molecule has 0 radical (unpaired) electrons. The maximum atomic E-state index is 12.8. The van der Waals surface area contributed by atoms with Crippen LogP contribution in [-0.2, 0) is 6.42 Å². The zero-order valence-corrected chi connectivity index (χ0v) is 17.8. The molecule has 0 unspecified atom stereocenters. The van der Waals surface area contributed by atoms with Crippen LogP contribution in [0.15, 0.2) is 42.7 Å². The quantitative estimate of drug-likeness (QED) is 0.639. The van der Waals surface area contributed by atoms with E-state index in [9.17, 15) is 4.79 Å². The standard InChI is InChI=1S/C24H28N6O/c1-2-16-13-23(26-15-25-16)30-11-9-18(10-12-30)27-22-14-20(24(31)28-17-7-8-17)19-5-3-4-6-21(19)29-22/h3-6,13-15,17-18H,2,7-12H2,1H3,(H,27,29)(H,28,31). The fourth-order valence-corrected chi connectivity index (χ4v) is 4.14. The average Bonchev–Trinajstić information content (AvgIpc) is 3.63. The van der Waals surface area contributed by atoms with Crippen LogP contribution in [0.5, 0.6) is 0 Å². The monoisotopic (exact) mass is 416 g/mol. The van der Waals surface area contributed by atoms with Crippen LogP contribution in [-0.4, -0.2) is 46.0 Å². The number of pyridine rings is 1. The first-order valence-electron chi connectivity index (χ1n) is 11.2. The number of rotatable bonds is 6. The number of amides is 1. The molecule has 7 heteroatoms. The van der Waals surface area contributed by atoms with Crippen molar-refractivity contribution in [3.63, 3.8) is 0 Å². The second kappa shape index (κ2) is 8.49. The zero-order chi connectivity index (χ0) is 21.2. The van der Waals surface area contributed by atoms with Crippen molar-refractivity contribution in [3.8, 4) is 0 Å². The van der Waals surface area contributed by atoms with Gasteiger partial charge in [-0.1, -0.05) is 25.1 Å². The largest absolute Gasteiger partial charge is 0.367 e. The van der Waals surface area contributed by atoms with Gasteiger partial charge in [-0.25, -0.2) is 15.0 Å². The Morgan fingerprint density at radius 2 is 1.87 bits per heavy atom. The lowest BCUT2D eigenvalue weighted by atomic mass is 10.0. The summed E-state index contributed by atoms with van der Waals surface area (Å²) < 4.78 is 0. The topological polar surface area (TPSA) is 83.0 Å². The predicted octanol–water partition coefficient (Wildman–Crippen LogP) is 3.56. The lowest BCUT2D eigenvalue weighted by Crippen LogP contribution is -2.39. The number of nitrogens with one attached hydrogen (secondary N) is 2. The van der Waals surface area contributed by atoms with Gasteiger partial charge < -0.3 is 15.5 Å². The Kier molecular flexibility index (Phi) is 5.40. The number of carbonyl (C=O) groups excluding carboxylic acids is 1. The van der Waals surface area contributed by atoms with Crippen molar-refractivity contribution in [3.05, 3.63) is 54.0 Å². The van der Waals surface area contributed by atoms with Gasteiger partial charge in [0.15, 0.2) is 0 Å². The van der Waals surface area contributed by atoms with E-state index in [-0.39, 0.29) is 5.91 Å². The maximum absolute atomic E-state index is 12.8. The van der Waals surface area contributed by atoms with Crippen LogP contribution in [0, 0.1) is 0 Å². The van der Waals surface area contributed by atoms with E-state index in [0.717, 1.165) is 73.4 Å². The number of carbonyl (C=O) groups is 1. The van der Waals surface area contributed by atoms with Crippen LogP contribution < -0.4 is 15.5 Å². The molecule has 31 heavy (non-hydrogen) atoms. The van der Waals surface area contributed by atoms with E-state index in [0.29, 0.717) is 17.6 Å². The molecule has 2 N–H and O–H groups in total. The number of hydrogen-bond donors (Lipinski definition) is 2. The third-order valence-corrected chi connectivity index (χ3v) is 6.12. The number of anilines is 2. The van der Waals surface area contributed by atoms with Crippen LogP contribution in [0.4, 0.5) is 11.6 Å². The van der Waals surface area contributed by atoms with Crippen LogP contribution in [0.2, 0.25) is 0 Å². The van der Waals surface area contributed by atoms with Gasteiger partial charge in [-0.15, -0.1) is 0 Å². The number of fused-ring (bicyclic) bond motifs is 1. The van der Waals surface area contributed by atoms with Gasteiger partial charge in [0.2, 0.25) is 0 Å². The summed E-state index contributed by atoms with van der Waals surface area (Å²) in [6.07, 6.45) is 6.70. The summed E-state index contributed by atoms with van der Waals surface area (Å²) >= 11 is 0. The Balaban J connectivity index is 1.30. The first-order valence-corrected chi connectivity index (χ1v) is 11.2. The summed E-state index contributed by atoms with van der Waals surface area (Å²) in [5, 5.41) is 7.59. The molecular weight excluding hydrogens is 388 g/mol. The van der Waals surface area contributed by atoms with Crippen molar-refractivity contribution < 1.29 is 4.79 Å².